The third-order valence-corrected chi connectivity index (χ3v) is 3.48. The van der Waals surface area contributed by atoms with Crippen LogP contribution in [-0.2, 0) is 0 Å². The fraction of sp³-hybridized carbons (Fsp3) is 0.706. The second-order valence-corrected chi connectivity index (χ2v) is 5.32. The molecule has 0 saturated heterocycles. The topological polar surface area (TPSA) is 22.1 Å². The minimum atomic E-state index is -0.514. The minimum Gasteiger partial charge on any atom is -0.489 e. The number of ether oxygens (including phenoxy) is 1. The fourth-order valence-corrected chi connectivity index (χ4v) is 2.25. The summed E-state index contributed by atoms with van der Waals surface area (Å²) in [4.78, 5) is 3.56. The second kappa shape index (κ2) is 11.7. The highest BCUT2D eigenvalue weighted by molar-refractivity contribution is 5.17. The average Bonchev–Trinajstić information content (AvgIpc) is 2.46. The van der Waals surface area contributed by atoms with Gasteiger partial charge < -0.3 is 4.74 Å². The lowest BCUT2D eigenvalue weighted by Gasteiger charge is -2.06. The first-order valence-electron chi connectivity index (χ1n) is 8.08. The van der Waals surface area contributed by atoms with E-state index in [0.29, 0.717) is 6.61 Å². The molecule has 20 heavy (non-hydrogen) atoms. The normalized spacial score (nSPS) is 10.7. The zero-order valence-electron chi connectivity index (χ0n) is 12.7. The molecular formula is C17H28FNO. The van der Waals surface area contributed by atoms with Gasteiger partial charge in [0.05, 0.1) is 6.61 Å². The molecule has 3 heteroatoms. The molecule has 0 atom stereocenters. The van der Waals surface area contributed by atoms with Gasteiger partial charge in [0.15, 0.2) is 5.75 Å². The highest BCUT2D eigenvalue weighted by atomic mass is 19.1. The molecule has 0 fully saturated rings. The van der Waals surface area contributed by atoms with Crippen LogP contribution in [0.15, 0.2) is 18.3 Å². The van der Waals surface area contributed by atoms with Gasteiger partial charge in [0.2, 0.25) is 0 Å². The van der Waals surface area contributed by atoms with E-state index in [-0.39, 0.29) is 5.75 Å². The Balaban J connectivity index is 1.87. The number of nitrogens with zero attached hydrogens (tertiary/aromatic N) is 1. The van der Waals surface area contributed by atoms with E-state index in [2.05, 4.69) is 11.9 Å². The van der Waals surface area contributed by atoms with Crippen molar-refractivity contribution in [3.05, 3.63) is 24.3 Å². The molecule has 1 aromatic rings. The molecule has 1 aromatic heterocycles. The van der Waals surface area contributed by atoms with E-state index in [9.17, 15) is 4.39 Å². The number of aromatic nitrogens is 1. The van der Waals surface area contributed by atoms with E-state index >= 15 is 0 Å². The van der Waals surface area contributed by atoms with Crippen LogP contribution in [0.3, 0.4) is 0 Å². The monoisotopic (exact) mass is 281 g/mol. The average molecular weight is 281 g/mol. The summed E-state index contributed by atoms with van der Waals surface area (Å²) in [7, 11) is 0. The summed E-state index contributed by atoms with van der Waals surface area (Å²) in [6.07, 6.45) is 14.3. The Morgan fingerprint density at radius 3 is 2.15 bits per heavy atom. The predicted molar refractivity (Wildman–Crippen MR) is 81.5 cm³/mol. The molecule has 1 heterocycles. The Morgan fingerprint density at radius 2 is 1.55 bits per heavy atom. The van der Waals surface area contributed by atoms with Gasteiger partial charge in [-0.25, -0.2) is 4.98 Å². The van der Waals surface area contributed by atoms with E-state index in [4.69, 9.17) is 4.74 Å². The molecule has 2 nitrogen and oxygen atoms in total. The van der Waals surface area contributed by atoms with E-state index in [1.165, 1.54) is 57.6 Å². The molecule has 0 bridgehead atoms. The van der Waals surface area contributed by atoms with Crippen LogP contribution in [0, 0.1) is 5.95 Å². The number of pyridine rings is 1. The predicted octanol–water partition coefficient (Wildman–Crippen LogP) is 5.52. The molecule has 1 rings (SSSR count). The van der Waals surface area contributed by atoms with E-state index in [0.717, 1.165) is 12.8 Å². The van der Waals surface area contributed by atoms with Crippen LogP contribution in [-0.4, -0.2) is 11.6 Å². The summed E-state index contributed by atoms with van der Waals surface area (Å²) in [5, 5.41) is 0. The van der Waals surface area contributed by atoms with Crippen LogP contribution in [0.25, 0.3) is 0 Å². The molecule has 0 spiro atoms. The molecular weight excluding hydrogens is 253 g/mol. The first kappa shape index (κ1) is 16.9. The molecule has 0 unspecified atom stereocenters. The fourth-order valence-electron chi connectivity index (χ4n) is 2.25. The van der Waals surface area contributed by atoms with Crippen molar-refractivity contribution < 1.29 is 9.13 Å². The van der Waals surface area contributed by atoms with E-state index < -0.39 is 5.95 Å². The van der Waals surface area contributed by atoms with Crippen molar-refractivity contribution in [2.45, 2.75) is 71.1 Å². The summed E-state index contributed by atoms with van der Waals surface area (Å²) in [6, 6.07) is 3.32. The number of hydrogen-bond donors (Lipinski definition) is 0. The molecule has 0 radical (unpaired) electrons. The van der Waals surface area contributed by atoms with Crippen LogP contribution in [0.2, 0.25) is 0 Å². The van der Waals surface area contributed by atoms with E-state index in [1.807, 2.05) is 0 Å². The molecule has 0 aliphatic heterocycles. The number of hydrogen-bond acceptors (Lipinski definition) is 2. The Kier molecular flexibility index (Phi) is 9.89. The van der Waals surface area contributed by atoms with Crippen molar-refractivity contribution in [2.24, 2.45) is 0 Å². The molecule has 0 N–H and O–H groups in total. The van der Waals surface area contributed by atoms with Crippen LogP contribution < -0.4 is 4.74 Å². The lowest BCUT2D eigenvalue weighted by molar-refractivity contribution is 0.286. The van der Waals surface area contributed by atoms with Crippen molar-refractivity contribution in [1.29, 1.82) is 0 Å². The molecule has 0 saturated carbocycles. The second-order valence-electron chi connectivity index (χ2n) is 5.32. The van der Waals surface area contributed by atoms with Gasteiger partial charge in [0.1, 0.15) is 0 Å². The van der Waals surface area contributed by atoms with Crippen LogP contribution in [0.4, 0.5) is 4.39 Å². The molecule has 0 aliphatic carbocycles. The summed E-state index contributed by atoms with van der Waals surface area (Å²) in [5.74, 6) is -0.247. The lowest BCUT2D eigenvalue weighted by Crippen LogP contribution is -2.00. The minimum absolute atomic E-state index is 0.267. The van der Waals surface area contributed by atoms with E-state index in [1.54, 1.807) is 12.1 Å². The highest BCUT2D eigenvalue weighted by Crippen LogP contribution is 2.14. The van der Waals surface area contributed by atoms with Gasteiger partial charge >= 0.3 is 0 Å². The van der Waals surface area contributed by atoms with Crippen LogP contribution in [0.1, 0.15) is 71.1 Å². The Morgan fingerprint density at radius 1 is 0.950 bits per heavy atom. The van der Waals surface area contributed by atoms with Crippen molar-refractivity contribution in [3.63, 3.8) is 0 Å². The zero-order chi connectivity index (χ0) is 14.5. The van der Waals surface area contributed by atoms with Crippen LogP contribution >= 0.6 is 0 Å². The molecule has 0 amide bonds. The Labute approximate surface area is 122 Å². The quantitative estimate of drug-likeness (QED) is 0.372. The maximum atomic E-state index is 13.2. The van der Waals surface area contributed by atoms with Crippen molar-refractivity contribution in [2.75, 3.05) is 6.61 Å². The zero-order valence-corrected chi connectivity index (χ0v) is 12.7. The van der Waals surface area contributed by atoms with Gasteiger partial charge in [-0.1, -0.05) is 64.7 Å². The third kappa shape index (κ3) is 8.13. The van der Waals surface area contributed by atoms with Crippen molar-refractivity contribution in [3.8, 4) is 5.75 Å². The van der Waals surface area contributed by atoms with Gasteiger partial charge in [-0.15, -0.1) is 0 Å². The Bertz CT molecular complexity index is 344. The molecule has 114 valence electrons. The van der Waals surface area contributed by atoms with Crippen molar-refractivity contribution in [1.82, 2.24) is 4.98 Å². The van der Waals surface area contributed by atoms with Gasteiger partial charge in [-0.05, 0) is 18.6 Å². The van der Waals surface area contributed by atoms with Gasteiger partial charge in [-0.2, -0.15) is 4.39 Å². The SMILES string of the molecule is CCCCCCCCCCCCOc1cccnc1F. The van der Waals surface area contributed by atoms with Gasteiger partial charge in [0.25, 0.3) is 5.95 Å². The molecule has 0 aromatic carbocycles. The third-order valence-electron chi connectivity index (χ3n) is 3.48. The number of rotatable bonds is 12. The summed E-state index contributed by atoms with van der Waals surface area (Å²) in [5.41, 5.74) is 0. The van der Waals surface area contributed by atoms with Crippen molar-refractivity contribution >= 4 is 0 Å². The number of halogens is 1. The standard InChI is InChI=1S/C17H28FNO/c1-2-3-4-5-6-7-8-9-10-11-15-20-16-13-12-14-19-17(16)18/h12-14H,2-11,15H2,1H3. The molecule has 0 aliphatic rings. The highest BCUT2D eigenvalue weighted by Gasteiger charge is 2.01. The van der Waals surface area contributed by atoms with Crippen LogP contribution in [0.5, 0.6) is 5.75 Å². The smallest absolute Gasteiger partial charge is 0.255 e. The summed E-state index contributed by atoms with van der Waals surface area (Å²) >= 11 is 0. The maximum absolute atomic E-state index is 13.2. The Hall–Kier alpha value is -1.12. The van der Waals surface area contributed by atoms with Gasteiger partial charge in [-0.3, -0.25) is 0 Å². The summed E-state index contributed by atoms with van der Waals surface area (Å²) < 4.78 is 18.5. The number of unbranched alkanes of at least 4 members (excludes halogenated alkanes) is 9. The maximum Gasteiger partial charge on any atom is 0.255 e. The first-order chi connectivity index (χ1) is 9.84. The summed E-state index contributed by atoms with van der Waals surface area (Å²) in [6.45, 7) is 2.83. The lowest BCUT2D eigenvalue weighted by atomic mass is 10.1. The van der Waals surface area contributed by atoms with Gasteiger partial charge in [0, 0.05) is 6.20 Å². The largest absolute Gasteiger partial charge is 0.489 e. The first-order valence-corrected chi connectivity index (χ1v) is 8.08.